The molecule has 3 N–H and O–H groups in total. The number of hydrogen-bond acceptors (Lipinski definition) is 12. The molecule has 0 unspecified atom stereocenters. The van der Waals surface area contributed by atoms with Gasteiger partial charge in [-0.1, -0.05) is 196 Å². The third-order valence-corrected chi connectivity index (χ3v) is 19.8. The number of aromatic nitrogens is 3. The molecule has 0 aliphatic carbocycles. The molecule has 3 radical (unpaired) electrons. The topological polar surface area (TPSA) is 151 Å². The predicted octanol–water partition coefficient (Wildman–Crippen LogP) is 26.1. The van der Waals surface area contributed by atoms with Crippen LogP contribution in [-0.2, 0) is 90.9 Å². The molecule has 108 heavy (non-hydrogen) atoms. The van der Waals surface area contributed by atoms with Crippen molar-refractivity contribution in [3.05, 3.63) is 266 Å². The third kappa shape index (κ3) is 27.7. The summed E-state index contributed by atoms with van der Waals surface area (Å²) in [4.78, 5) is 52.1. The van der Waals surface area contributed by atoms with Gasteiger partial charge in [-0.15, -0.1) is 139 Å². The first kappa shape index (κ1) is 92.6. The van der Waals surface area contributed by atoms with Crippen molar-refractivity contribution in [1.29, 1.82) is 0 Å². The number of ketones is 3. The second-order valence-electron chi connectivity index (χ2n) is 30.5. The second-order valence-corrected chi connectivity index (χ2v) is 33.5. The summed E-state index contributed by atoms with van der Waals surface area (Å²) in [6.07, 6.45) is 3.50. The van der Waals surface area contributed by atoms with Gasteiger partial charge in [-0.25, -0.2) is 0 Å². The molecule has 0 amide bonds. The first-order valence-corrected chi connectivity index (χ1v) is 37.7. The molecule has 6 aromatic carbocycles. The maximum absolute atomic E-state index is 10.0. The molecule has 12 aromatic rings. The Morgan fingerprint density at radius 3 is 0.917 bits per heavy atom. The fourth-order valence-electron chi connectivity index (χ4n) is 11.8. The Morgan fingerprint density at radius 1 is 0.343 bits per heavy atom. The van der Waals surface area contributed by atoms with Crippen molar-refractivity contribution in [3.8, 4) is 65.1 Å². The van der Waals surface area contributed by atoms with Crippen molar-refractivity contribution in [2.75, 3.05) is 0 Å². The van der Waals surface area contributed by atoms with Crippen LogP contribution in [0.4, 0.5) is 0 Å². The summed E-state index contributed by atoms with van der Waals surface area (Å²) in [7, 11) is 0. The Labute approximate surface area is 694 Å². The van der Waals surface area contributed by atoms with Crippen LogP contribution in [0.2, 0.25) is 0 Å². The Balaban J connectivity index is 0.000000298. The van der Waals surface area contributed by atoms with E-state index >= 15 is 0 Å². The van der Waals surface area contributed by atoms with Crippen LogP contribution in [0.5, 0.6) is 0 Å². The molecular weight excluding hydrogens is 1930 g/mol. The summed E-state index contributed by atoms with van der Waals surface area (Å²) in [5, 5.41) is 28.7. The summed E-state index contributed by atoms with van der Waals surface area (Å²) in [6, 6.07) is 63.5. The number of fused-ring (bicyclic) bond motifs is 3. The molecular formula is C93H102Ir3N3O6S3-3. The number of aryl methyl sites for hydroxylation is 9. The SMILES string of the molecule is CC(=O)C=C(C)O.CC(=O)C=C(C)O.CC(=O)C=C(C)O.Cc1[c-]c(-c2ccc3cc(-c4c(C)cc(C)cc4C)sc3n2)cc(C(C)(C)C)c1.Cc1[c-]c(-c2ccc3cc(-c4cc(C)cc(C)c4)sc3n2)cc(C(C)(C)C)c1.Cc1[c-]c(-c2ccc3cc(-c4ccc(C)cc4)sc3n2)cc(C(C)(C)C)c1.[Ir].[Ir].[Ir]. The predicted molar refractivity (Wildman–Crippen MR) is 448 cm³/mol. The van der Waals surface area contributed by atoms with Crippen LogP contribution in [0.25, 0.3) is 95.7 Å². The minimum Gasteiger partial charge on any atom is -0.512 e. The van der Waals surface area contributed by atoms with Gasteiger partial charge in [-0.2, -0.15) is 0 Å². The minimum atomic E-state index is -0.125. The number of nitrogens with zero attached hydrogens (tertiary/aromatic N) is 3. The zero-order valence-corrected chi connectivity index (χ0v) is 76.4. The van der Waals surface area contributed by atoms with Crippen LogP contribution < -0.4 is 0 Å². The molecule has 12 rings (SSSR count). The van der Waals surface area contributed by atoms with Crippen molar-refractivity contribution in [3.63, 3.8) is 0 Å². The Morgan fingerprint density at radius 2 is 0.630 bits per heavy atom. The summed E-state index contributed by atoms with van der Waals surface area (Å²) < 4.78 is 0. The van der Waals surface area contributed by atoms with Gasteiger partial charge >= 0.3 is 0 Å². The van der Waals surface area contributed by atoms with E-state index in [0.717, 1.165) is 65.0 Å². The van der Waals surface area contributed by atoms with Gasteiger partial charge in [0.25, 0.3) is 0 Å². The summed E-state index contributed by atoms with van der Waals surface area (Å²) in [6.45, 7) is 48.1. The van der Waals surface area contributed by atoms with E-state index in [0.29, 0.717) is 0 Å². The summed E-state index contributed by atoms with van der Waals surface area (Å²) in [5.41, 5.74) is 25.7. The number of carbonyl (C=O) groups excluding carboxylic acids is 3. The molecule has 0 fully saturated rings. The van der Waals surface area contributed by atoms with E-state index in [4.69, 9.17) is 30.3 Å². The molecule has 0 atom stereocenters. The van der Waals surface area contributed by atoms with Crippen molar-refractivity contribution >= 4 is 82.0 Å². The number of aliphatic hydroxyl groups is 3. The number of benzene rings is 6. The monoisotopic (exact) mass is 2030 g/mol. The minimum absolute atomic E-state index is 0. The average molecular weight is 2030 g/mol. The van der Waals surface area contributed by atoms with E-state index in [1.807, 2.05) is 0 Å². The number of pyridine rings is 3. The first-order valence-electron chi connectivity index (χ1n) is 35.2. The van der Waals surface area contributed by atoms with Crippen LogP contribution in [0, 0.1) is 80.5 Å². The van der Waals surface area contributed by atoms with E-state index in [1.54, 1.807) is 34.0 Å². The van der Waals surface area contributed by atoms with Gasteiger partial charge in [-0.05, 0) is 162 Å². The van der Waals surface area contributed by atoms with Gasteiger partial charge < -0.3 is 15.3 Å². The average Bonchev–Trinajstić information content (AvgIpc) is 1.60. The molecule has 0 aliphatic heterocycles. The molecule has 0 spiro atoms. The number of aliphatic hydroxyl groups excluding tert-OH is 3. The van der Waals surface area contributed by atoms with Crippen LogP contribution in [-0.4, -0.2) is 47.6 Å². The quantitative estimate of drug-likeness (QED) is 0.0729. The zero-order valence-electron chi connectivity index (χ0n) is 66.7. The number of rotatable bonds is 9. The molecule has 6 aromatic heterocycles. The van der Waals surface area contributed by atoms with E-state index in [1.165, 1.54) is 157 Å². The Kier molecular flexibility index (Phi) is 34.5. The van der Waals surface area contributed by atoms with Gasteiger partial charge in [0, 0.05) is 109 Å². The summed E-state index contributed by atoms with van der Waals surface area (Å²) in [5.74, 6) is -0.187. The van der Waals surface area contributed by atoms with Crippen LogP contribution in [0.3, 0.4) is 0 Å². The van der Waals surface area contributed by atoms with Gasteiger partial charge in [0.05, 0.1) is 17.3 Å². The maximum Gasteiger partial charge on any atom is 0.155 e. The summed E-state index contributed by atoms with van der Waals surface area (Å²) >= 11 is 5.30. The van der Waals surface area contributed by atoms with Crippen LogP contribution in [0.1, 0.15) is 171 Å². The number of thiophene rings is 3. The molecule has 0 saturated carbocycles. The standard InChI is InChI=1S/C27H28NS.C26H26NS.C25H24NS.3C5H8O2.3Ir/c1-16-10-18(3)25(19(4)11-16)24-15-20-8-9-23(28-26(20)29-24)21-12-17(2)13-22(14-21)27(5,6)7;1-16-9-17(2)12-21(11-16)24-15-19-7-8-23(27-25(19)28-24)20-10-18(3)13-22(14-20)26(4,5)6;1-16-6-8-18(9-7-16)23-15-19-10-11-22(26-24(19)27-23)20-12-17(2)13-21(14-20)25(3,4)5;3*1-4(6)3-5(2)7;;;/h8-11,13-15H,1-7H3;7-9,11-15H,1-6H3;6-11,13-15H,1-5H3;3*3,6H,1-2H3;;;/q3*-1;;;;;;. The van der Waals surface area contributed by atoms with E-state index in [9.17, 15) is 14.4 Å². The molecule has 6 heterocycles. The van der Waals surface area contributed by atoms with Gasteiger partial charge in [0.1, 0.15) is 14.5 Å². The van der Waals surface area contributed by atoms with Crippen LogP contribution in [0.15, 0.2) is 181 Å². The smallest absolute Gasteiger partial charge is 0.155 e. The molecule has 15 heteroatoms. The molecule has 0 saturated heterocycles. The Bertz CT molecular complexity index is 5120. The van der Waals surface area contributed by atoms with Crippen molar-refractivity contribution in [2.24, 2.45) is 0 Å². The molecule has 573 valence electrons. The fraction of sp³-hybridized carbons (Fsp3) is 0.290. The largest absolute Gasteiger partial charge is 0.512 e. The fourth-order valence-corrected chi connectivity index (χ4v) is 15.0. The van der Waals surface area contributed by atoms with Gasteiger partial charge in [-0.3, -0.25) is 29.3 Å². The molecule has 0 aliphatic rings. The van der Waals surface area contributed by atoms with E-state index < -0.39 is 0 Å². The van der Waals surface area contributed by atoms with Crippen LogP contribution >= 0.6 is 34.0 Å². The van der Waals surface area contributed by atoms with E-state index in [-0.39, 0.29) is 111 Å². The van der Waals surface area contributed by atoms with Crippen molar-refractivity contribution < 1.29 is 90.0 Å². The zero-order chi connectivity index (χ0) is 77.7. The number of hydrogen-bond donors (Lipinski definition) is 3. The Hall–Kier alpha value is -7.77. The second kappa shape index (κ2) is 40.3. The normalized spacial score (nSPS) is 11.5. The molecule has 9 nitrogen and oxygen atoms in total. The third-order valence-electron chi connectivity index (χ3n) is 16.6. The van der Waals surface area contributed by atoms with E-state index in [2.05, 4.69) is 288 Å². The molecule has 0 bridgehead atoms. The number of allylic oxidation sites excluding steroid dienone is 6. The van der Waals surface area contributed by atoms with Gasteiger partial charge in [0.15, 0.2) is 17.3 Å². The van der Waals surface area contributed by atoms with Crippen molar-refractivity contribution in [1.82, 2.24) is 15.0 Å². The van der Waals surface area contributed by atoms with Gasteiger partial charge in [0.2, 0.25) is 0 Å². The van der Waals surface area contributed by atoms with Crippen molar-refractivity contribution in [2.45, 2.75) is 182 Å². The first-order chi connectivity index (χ1) is 49.0. The maximum atomic E-state index is 10.0. The number of carbonyl (C=O) groups is 3.